The van der Waals surface area contributed by atoms with Gasteiger partial charge in [0.05, 0.1) is 0 Å². The Morgan fingerprint density at radius 1 is 1.08 bits per heavy atom. The van der Waals surface area contributed by atoms with Crippen molar-refractivity contribution in [2.45, 2.75) is 123 Å². The maximum absolute atomic E-state index is 14.3. The minimum absolute atomic E-state index is 0.0737. The summed E-state index contributed by atoms with van der Waals surface area (Å²) in [5.41, 5.74) is 0.494. The van der Waals surface area contributed by atoms with Crippen LogP contribution in [0.2, 0.25) is 0 Å². The highest BCUT2D eigenvalue weighted by molar-refractivity contribution is 5.92. The van der Waals surface area contributed by atoms with Gasteiger partial charge in [0, 0.05) is 18.2 Å². The van der Waals surface area contributed by atoms with E-state index in [0.29, 0.717) is 17.7 Å². The molecule has 0 bridgehead atoms. The summed E-state index contributed by atoms with van der Waals surface area (Å²) < 4.78 is 5.46. The molecule has 0 radical (unpaired) electrons. The first-order chi connectivity index (χ1) is 18.5. The van der Waals surface area contributed by atoms with Crippen LogP contribution in [0, 0.1) is 18.3 Å². The molecule has 0 aliphatic heterocycles. The highest BCUT2D eigenvalue weighted by Crippen LogP contribution is 2.28. The lowest BCUT2D eigenvalue weighted by molar-refractivity contribution is -0.143. The Hall–Kier alpha value is -3.01. The number of hydrogen-bond donors (Lipinski definition) is 2. The van der Waals surface area contributed by atoms with Crippen LogP contribution in [0.4, 0.5) is 4.79 Å². The first-order valence-electron chi connectivity index (χ1n) is 14.6. The third kappa shape index (κ3) is 10.2. The van der Waals surface area contributed by atoms with E-state index in [2.05, 4.69) is 23.5 Å². The van der Waals surface area contributed by atoms with Crippen molar-refractivity contribution in [3.05, 3.63) is 35.4 Å². The number of terminal acetylenes is 1. The number of amides is 3. The zero-order chi connectivity index (χ0) is 29.0. The Labute approximate surface area is 235 Å². The molecule has 1 aromatic rings. The quantitative estimate of drug-likeness (QED) is 0.248. The monoisotopic (exact) mass is 539 g/mol. The normalized spacial score (nSPS) is 15.6. The fourth-order valence-corrected chi connectivity index (χ4v) is 5.05. The van der Waals surface area contributed by atoms with Crippen molar-refractivity contribution in [1.29, 1.82) is 0 Å². The van der Waals surface area contributed by atoms with Crippen molar-refractivity contribution < 1.29 is 19.1 Å². The predicted octanol–water partition coefficient (Wildman–Crippen LogP) is 6.12. The third-order valence-corrected chi connectivity index (χ3v) is 7.06. The molecule has 1 saturated carbocycles. The first kappa shape index (κ1) is 32.2. The molecule has 2 rings (SSSR count). The summed E-state index contributed by atoms with van der Waals surface area (Å²) in [5, 5.41) is 6.02. The zero-order valence-corrected chi connectivity index (χ0v) is 24.8. The number of ether oxygens (including phenoxy) is 1. The summed E-state index contributed by atoms with van der Waals surface area (Å²) in [5.74, 6) is 1.93. The van der Waals surface area contributed by atoms with Crippen molar-refractivity contribution >= 4 is 17.9 Å². The van der Waals surface area contributed by atoms with Gasteiger partial charge in [-0.1, -0.05) is 83.4 Å². The molecule has 7 heteroatoms. The van der Waals surface area contributed by atoms with Crippen LogP contribution in [0.25, 0.3) is 0 Å². The average molecular weight is 540 g/mol. The maximum Gasteiger partial charge on any atom is 0.408 e. The molecule has 2 N–H and O–H groups in total. The lowest BCUT2D eigenvalue weighted by Gasteiger charge is -2.37. The first-order valence-corrected chi connectivity index (χ1v) is 14.6. The lowest BCUT2D eigenvalue weighted by atomic mass is 9.93. The molecule has 0 spiro atoms. The van der Waals surface area contributed by atoms with Crippen molar-refractivity contribution in [3.8, 4) is 12.3 Å². The van der Waals surface area contributed by atoms with Crippen LogP contribution >= 0.6 is 0 Å². The standard InChI is InChI=1S/C32H49N3O4/c1-8-10-11-17-22-35(30(37)27(23(3)4)34-31(38)39-32(5,6)7)28(26-21-16-15-18-24(26)9-2)29(36)33-25-19-13-12-14-20-25/h2,15-16,18,21,23,25,27-28H,8,10-14,17,19-20,22H2,1,3-7H3,(H,33,36)(H,34,38). The molecule has 2 atom stereocenters. The number of alkyl carbamates (subject to hydrolysis) is 1. The van der Waals surface area contributed by atoms with Crippen LogP contribution in [-0.2, 0) is 14.3 Å². The molecule has 1 aliphatic rings. The SMILES string of the molecule is C#Cc1ccccc1C(C(=O)NC1CCCCC1)N(CCCCCC)C(=O)C(NC(=O)OC(C)(C)C)C(C)C. The number of carbonyl (C=O) groups excluding carboxylic acids is 3. The Bertz CT molecular complexity index is 986. The fraction of sp³-hybridized carbons (Fsp3) is 0.656. The molecular weight excluding hydrogens is 490 g/mol. The molecule has 216 valence electrons. The van der Waals surface area contributed by atoms with Crippen molar-refractivity contribution in [3.63, 3.8) is 0 Å². The second-order valence-corrected chi connectivity index (χ2v) is 11.9. The number of unbranched alkanes of at least 4 members (excludes halogenated alkanes) is 3. The molecule has 1 aliphatic carbocycles. The largest absolute Gasteiger partial charge is 0.444 e. The molecule has 1 fully saturated rings. The van der Waals surface area contributed by atoms with Crippen molar-refractivity contribution in [2.24, 2.45) is 5.92 Å². The van der Waals surface area contributed by atoms with Gasteiger partial charge in [0.2, 0.25) is 11.8 Å². The summed E-state index contributed by atoms with van der Waals surface area (Å²) >= 11 is 0. The van der Waals surface area contributed by atoms with Crippen LogP contribution in [0.15, 0.2) is 24.3 Å². The molecule has 7 nitrogen and oxygen atoms in total. The Morgan fingerprint density at radius 3 is 2.33 bits per heavy atom. The van der Waals surface area contributed by atoms with E-state index in [1.165, 1.54) is 6.42 Å². The van der Waals surface area contributed by atoms with E-state index in [1.807, 2.05) is 32.0 Å². The van der Waals surface area contributed by atoms with Gasteiger partial charge in [-0.15, -0.1) is 6.42 Å². The molecule has 39 heavy (non-hydrogen) atoms. The summed E-state index contributed by atoms with van der Waals surface area (Å²) in [6, 6.07) is 5.61. The van der Waals surface area contributed by atoms with Gasteiger partial charge in [0.25, 0.3) is 0 Å². The van der Waals surface area contributed by atoms with Crippen LogP contribution in [0.3, 0.4) is 0 Å². The van der Waals surface area contributed by atoms with Crippen molar-refractivity contribution in [2.75, 3.05) is 6.54 Å². The maximum atomic E-state index is 14.3. The van der Waals surface area contributed by atoms with E-state index < -0.39 is 23.8 Å². The molecule has 1 aromatic carbocycles. The summed E-state index contributed by atoms with van der Waals surface area (Å²) in [6.45, 7) is 11.6. The predicted molar refractivity (Wildman–Crippen MR) is 156 cm³/mol. The Balaban J connectivity index is 2.51. The lowest BCUT2D eigenvalue weighted by Crippen LogP contribution is -2.55. The highest BCUT2D eigenvalue weighted by Gasteiger charge is 2.38. The molecule has 0 saturated heterocycles. The number of nitrogens with zero attached hydrogens (tertiary/aromatic N) is 1. The highest BCUT2D eigenvalue weighted by atomic mass is 16.6. The van der Waals surface area contributed by atoms with Crippen LogP contribution in [-0.4, -0.2) is 47.0 Å². The van der Waals surface area contributed by atoms with E-state index in [-0.39, 0.29) is 23.8 Å². The third-order valence-electron chi connectivity index (χ3n) is 7.06. The summed E-state index contributed by atoms with van der Waals surface area (Å²) in [7, 11) is 0. The number of benzene rings is 1. The fourth-order valence-electron chi connectivity index (χ4n) is 5.05. The zero-order valence-electron chi connectivity index (χ0n) is 24.8. The minimum Gasteiger partial charge on any atom is -0.444 e. The van der Waals surface area contributed by atoms with Crippen LogP contribution in [0.5, 0.6) is 0 Å². The second-order valence-electron chi connectivity index (χ2n) is 11.9. The second kappa shape index (κ2) is 15.5. The molecule has 0 aromatic heterocycles. The summed E-state index contributed by atoms with van der Waals surface area (Å²) in [6.07, 6.45) is 14.1. The van der Waals surface area contributed by atoms with Crippen LogP contribution in [0.1, 0.15) is 116 Å². The minimum atomic E-state index is -0.907. The molecular formula is C32H49N3O4. The van der Waals surface area contributed by atoms with Gasteiger partial charge in [-0.25, -0.2) is 4.79 Å². The number of rotatable bonds is 12. The molecule has 2 unspecified atom stereocenters. The van der Waals surface area contributed by atoms with E-state index in [4.69, 9.17) is 11.2 Å². The van der Waals surface area contributed by atoms with E-state index in [1.54, 1.807) is 31.7 Å². The van der Waals surface area contributed by atoms with Gasteiger partial charge in [0.15, 0.2) is 0 Å². The average Bonchev–Trinajstić information content (AvgIpc) is 2.88. The van der Waals surface area contributed by atoms with Gasteiger partial charge in [-0.2, -0.15) is 0 Å². The van der Waals surface area contributed by atoms with E-state index >= 15 is 0 Å². The topological polar surface area (TPSA) is 87.7 Å². The van der Waals surface area contributed by atoms with Crippen molar-refractivity contribution in [1.82, 2.24) is 15.5 Å². The van der Waals surface area contributed by atoms with E-state index in [9.17, 15) is 14.4 Å². The van der Waals surface area contributed by atoms with E-state index in [0.717, 1.165) is 51.4 Å². The van der Waals surface area contributed by atoms with Gasteiger partial charge in [0.1, 0.15) is 17.7 Å². The number of hydrogen-bond acceptors (Lipinski definition) is 4. The van der Waals surface area contributed by atoms with Gasteiger partial charge in [-0.3, -0.25) is 9.59 Å². The smallest absolute Gasteiger partial charge is 0.408 e. The number of nitrogens with one attached hydrogen (secondary N) is 2. The van der Waals surface area contributed by atoms with Gasteiger partial charge >= 0.3 is 6.09 Å². The van der Waals surface area contributed by atoms with Gasteiger partial charge < -0.3 is 20.3 Å². The number of carbonyl (C=O) groups is 3. The van der Waals surface area contributed by atoms with Crippen LogP contribution < -0.4 is 10.6 Å². The molecule has 3 amide bonds. The Kier molecular flexibility index (Phi) is 12.8. The molecule has 0 heterocycles. The Morgan fingerprint density at radius 2 is 1.74 bits per heavy atom. The van der Waals surface area contributed by atoms with Gasteiger partial charge in [-0.05, 0) is 57.6 Å². The summed E-state index contributed by atoms with van der Waals surface area (Å²) in [4.78, 5) is 42.7.